The van der Waals surface area contributed by atoms with Gasteiger partial charge in [0.05, 0.1) is 0 Å². The summed E-state index contributed by atoms with van der Waals surface area (Å²) in [7, 11) is 3.62. The Morgan fingerprint density at radius 1 is 1.17 bits per heavy atom. The van der Waals surface area contributed by atoms with Gasteiger partial charge >= 0.3 is 6.61 Å². The number of alkyl halides is 2. The molecule has 0 aliphatic heterocycles. The molecular formula is C18H20F2N2O2. The molecule has 0 heterocycles. The predicted octanol–water partition coefficient (Wildman–Crippen LogP) is 3.90. The molecule has 0 aromatic heterocycles. The first-order chi connectivity index (χ1) is 11.5. The van der Waals surface area contributed by atoms with Crippen molar-refractivity contribution in [3.8, 4) is 5.75 Å². The Morgan fingerprint density at radius 3 is 2.46 bits per heavy atom. The molecule has 4 nitrogen and oxygen atoms in total. The number of hydrogen-bond acceptors (Lipinski definition) is 4. The summed E-state index contributed by atoms with van der Waals surface area (Å²) >= 11 is 0. The van der Waals surface area contributed by atoms with Crippen LogP contribution in [0, 0.1) is 0 Å². The maximum Gasteiger partial charge on any atom is 0.387 e. The van der Waals surface area contributed by atoms with Gasteiger partial charge in [0, 0.05) is 31.5 Å². The van der Waals surface area contributed by atoms with Gasteiger partial charge in [0.1, 0.15) is 5.75 Å². The normalized spacial score (nSPS) is 18.8. The number of allylic oxidation sites excluding steroid dienone is 3. The minimum absolute atomic E-state index is 0.0133. The van der Waals surface area contributed by atoms with Crippen molar-refractivity contribution in [2.45, 2.75) is 25.9 Å². The number of rotatable bonds is 5. The fourth-order valence-electron chi connectivity index (χ4n) is 2.40. The fourth-order valence-corrected chi connectivity index (χ4v) is 2.40. The van der Waals surface area contributed by atoms with Gasteiger partial charge in [-0.15, -0.1) is 0 Å². The van der Waals surface area contributed by atoms with Crippen molar-refractivity contribution in [3.63, 3.8) is 0 Å². The second-order valence-electron chi connectivity index (χ2n) is 5.60. The Hall–Kier alpha value is -2.50. The topological polar surface area (TPSA) is 41.9 Å². The molecule has 6 heteroatoms. The molecule has 24 heavy (non-hydrogen) atoms. The van der Waals surface area contributed by atoms with Crippen molar-refractivity contribution in [1.82, 2.24) is 5.01 Å². The van der Waals surface area contributed by atoms with Gasteiger partial charge in [-0.1, -0.05) is 12.1 Å². The lowest BCUT2D eigenvalue weighted by molar-refractivity contribution is -0.112. The molecule has 0 radical (unpaired) electrons. The number of ether oxygens (including phenoxy) is 1. The standard InChI is InChI=1S/C18H20F2N2O2/c1-22(2)21-11-10-14-4-3-5-15(17(14)23)12-13-6-8-16(9-7-13)24-18(19)20/h6-12,18H,3-5H2,1-2H3/b14-10+,15-12+,21-11-. The van der Waals surface area contributed by atoms with E-state index in [0.717, 1.165) is 24.0 Å². The molecule has 1 aromatic carbocycles. The third-order valence-electron chi connectivity index (χ3n) is 3.50. The molecule has 0 atom stereocenters. The monoisotopic (exact) mass is 334 g/mol. The molecule has 0 amide bonds. The summed E-state index contributed by atoms with van der Waals surface area (Å²) in [6.45, 7) is -2.84. The summed E-state index contributed by atoms with van der Waals surface area (Å²) in [6.07, 6.45) is 7.49. The summed E-state index contributed by atoms with van der Waals surface area (Å²) in [6, 6.07) is 6.24. The number of carbonyl (C=O) groups is 1. The number of hydrogen-bond donors (Lipinski definition) is 0. The molecule has 0 saturated heterocycles. The van der Waals surface area contributed by atoms with E-state index in [-0.39, 0.29) is 11.5 Å². The second-order valence-corrected chi connectivity index (χ2v) is 5.60. The molecule has 0 unspecified atom stereocenters. The van der Waals surface area contributed by atoms with Crippen LogP contribution in [0.3, 0.4) is 0 Å². The van der Waals surface area contributed by atoms with Crippen molar-refractivity contribution < 1.29 is 18.3 Å². The van der Waals surface area contributed by atoms with Crippen LogP contribution in [0.1, 0.15) is 24.8 Å². The van der Waals surface area contributed by atoms with E-state index in [1.54, 1.807) is 35.5 Å². The molecule has 128 valence electrons. The highest BCUT2D eigenvalue weighted by Gasteiger charge is 2.19. The van der Waals surface area contributed by atoms with Crippen molar-refractivity contribution in [2.24, 2.45) is 5.10 Å². The van der Waals surface area contributed by atoms with E-state index in [4.69, 9.17) is 0 Å². The molecule has 0 bridgehead atoms. The number of nitrogens with zero attached hydrogens (tertiary/aromatic N) is 2. The molecule has 0 spiro atoms. The number of hydrazone groups is 1. The van der Waals surface area contributed by atoms with Gasteiger partial charge in [-0.25, -0.2) is 0 Å². The van der Waals surface area contributed by atoms with E-state index < -0.39 is 6.61 Å². The quantitative estimate of drug-likeness (QED) is 0.466. The van der Waals surface area contributed by atoms with Gasteiger partial charge in [0.25, 0.3) is 0 Å². The summed E-state index contributed by atoms with van der Waals surface area (Å²) in [5.41, 5.74) is 2.23. The largest absolute Gasteiger partial charge is 0.435 e. The maximum absolute atomic E-state index is 12.5. The van der Waals surface area contributed by atoms with Gasteiger partial charge in [0.2, 0.25) is 0 Å². The van der Waals surface area contributed by atoms with Crippen molar-refractivity contribution in [2.75, 3.05) is 14.1 Å². The van der Waals surface area contributed by atoms with E-state index in [1.165, 1.54) is 12.1 Å². The highest BCUT2D eigenvalue weighted by Crippen LogP contribution is 2.26. The van der Waals surface area contributed by atoms with E-state index >= 15 is 0 Å². The minimum Gasteiger partial charge on any atom is -0.435 e. The van der Waals surface area contributed by atoms with Gasteiger partial charge < -0.3 is 9.75 Å². The fraction of sp³-hybridized carbons (Fsp3) is 0.333. The first-order valence-electron chi connectivity index (χ1n) is 7.66. The van der Waals surface area contributed by atoms with Gasteiger partial charge in [-0.05, 0) is 49.1 Å². The number of ketones is 1. The molecule has 1 aromatic rings. The lowest BCUT2D eigenvalue weighted by Gasteiger charge is -2.16. The lowest BCUT2D eigenvalue weighted by atomic mass is 9.87. The van der Waals surface area contributed by atoms with E-state index in [1.807, 2.05) is 14.1 Å². The first kappa shape index (κ1) is 17.8. The van der Waals surface area contributed by atoms with Crippen LogP contribution in [-0.2, 0) is 4.79 Å². The Morgan fingerprint density at radius 2 is 1.83 bits per heavy atom. The van der Waals surface area contributed by atoms with Gasteiger partial charge in [-0.3, -0.25) is 4.79 Å². The molecule has 0 N–H and O–H groups in total. The number of benzene rings is 1. The van der Waals surface area contributed by atoms with Gasteiger partial charge in [-0.2, -0.15) is 13.9 Å². The van der Waals surface area contributed by atoms with Gasteiger partial charge in [0.15, 0.2) is 5.78 Å². The zero-order valence-corrected chi connectivity index (χ0v) is 13.7. The highest BCUT2D eigenvalue weighted by molar-refractivity contribution is 6.13. The Bertz CT molecular complexity index is 662. The smallest absolute Gasteiger partial charge is 0.387 e. The lowest BCUT2D eigenvalue weighted by Crippen LogP contribution is -2.12. The predicted molar refractivity (Wildman–Crippen MR) is 90.2 cm³/mol. The maximum atomic E-state index is 12.5. The van der Waals surface area contributed by atoms with Crippen LogP contribution >= 0.6 is 0 Å². The molecular weight excluding hydrogens is 314 g/mol. The zero-order valence-electron chi connectivity index (χ0n) is 13.7. The van der Waals surface area contributed by atoms with Crippen molar-refractivity contribution in [1.29, 1.82) is 0 Å². The van der Waals surface area contributed by atoms with E-state index in [9.17, 15) is 13.6 Å². The number of halogens is 2. The van der Waals surface area contributed by atoms with Crippen molar-refractivity contribution >= 4 is 18.1 Å². The molecule has 1 fully saturated rings. The molecule has 2 rings (SSSR count). The Labute approximate surface area is 140 Å². The third-order valence-corrected chi connectivity index (χ3v) is 3.50. The number of Topliss-reactive ketones (excluding diaryl/α,β-unsaturated/α-hetero) is 1. The summed E-state index contributed by atoms with van der Waals surface area (Å²) in [5, 5.41) is 5.74. The Balaban J connectivity index is 2.12. The van der Waals surface area contributed by atoms with Crippen LogP contribution in [0.4, 0.5) is 8.78 Å². The van der Waals surface area contributed by atoms with E-state index in [2.05, 4.69) is 9.84 Å². The SMILES string of the molecule is CN(C)/N=C\C=C1/CCC/C(=C\c2ccc(OC(F)F)cc2)C1=O. The average molecular weight is 334 g/mol. The van der Waals surface area contributed by atoms with Crippen molar-refractivity contribution in [3.05, 3.63) is 47.1 Å². The van der Waals surface area contributed by atoms with Crippen LogP contribution in [0.5, 0.6) is 5.75 Å². The first-order valence-corrected chi connectivity index (χ1v) is 7.66. The van der Waals surface area contributed by atoms with Crippen LogP contribution in [0.15, 0.2) is 46.6 Å². The molecule has 1 aliphatic rings. The van der Waals surface area contributed by atoms with Crippen LogP contribution in [0.2, 0.25) is 0 Å². The van der Waals surface area contributed by atoms with Crippen LogP contribution in [0.25, 0.3) is 6.08 Å². The van der Waals surface area contributed by atoms with Crippen LogP contribution in [-0.4, -0.2) is 37.7 Å². The van der Waals surface area contributed by atoms with Crippen LogP contribution < -0.4 is 4.74 Å². The summed E-state index contributed by atoms with van der Waals surface area (Å²) in [5.74, 6) is 0.113. The second kappa shape index (κ2) is 8.38. The Kier molecular flexibility index (Phi) is 6.23. The van der Waals surface area contributed by atoms with E-state index in [0.29, 0.717) is 12.0 Å². The minimum atomic E-state index is -2.84. The summed E-state index contributed by atoms with van der Waals surface area (Å²) < 4.78 is 28.6. The highest BCUT2D eigenvalue weighted by atomic mass is 19.3. The number of carbonyl (C=O) groups excluding carboxylic acids is 1. The summed E-state index contributed by atoms with van der Waals surface area (Å²) in [4.78, 5) is 12.5. The third kappa shape index (κ3) is 5.30. The molecule has 1 saturated carbocycles. The zero-order chi connectivity index (χ0) is 17.5. The average Bonchev–Trinajstić information content (AvgIpc) is 2.52. The molecule has 1 aliphatic carbocycles.